The summed E-state index contributed by atoms with van der Waals surface area (Å²) >= 11 is 0. The first kappa shape index (κ1) is 17.1. The summed E-state index contributed by atoms with van der Waals surface area (Å²) in [5, 5.41) is 11.0. The fourth-order valence-corrected chi connectivity index (χ4v) is 3.19. The van der Waals surface area contributed by atoms with Crippen LogP contribution in [-0.2, 0) is 15.2 Å². The molecule has 2 aromatic rings. The number of aliphatic hydroxyl groups is 1. The van der Waals surface area contributed by atoms with E-state index in [-0.39, 0.29) is 12.2 Å². The van der Waals surface area contributed by atoms with Gasteiger partial charge in [-0.15, -0.1) is 0 Å². The molecule has 0 aliphatic carbocycles. The molecule has 1 amide bonds. The van der Waals surface area contributed by atoms with Crippen molar-refractivity contribution in [1.82, 2.24) is 0 Å². The van der Waals surface area contributed by atoms with Gasteiger partial charge in [0.25, 0.3) is 5.91 Å². The molecule has 1 N–H and O–H groups in total. The quantitative estimate of drug-likeness (QED) is 0.824. The molecule has 4 heteroatoms. The summed E-state index contributed by atoms with van der Waals surface area (Å²) < 4.78 is 0. The highest BCUT2D eigenvalue weighted by molar-refractivity contribution is 6.10. The van der Waals surface area contributed by atoms with Crippen LogP contribution in [0.4, 0.5) is 5.69 Å². The molecule has 128 valence electrons. The van der Waals surface area contributed by atoms with Crippen molar-refractivity contribution in [2.45, 2.75) is 25.4 Å². The first-order valence-corrected chi connectivity index (χ1v) is 8.46. The fraction of sp³-hybridized carbons (Fsp3) is 0.238. The first-order valence-electron chi connectivity index (χ1n) is 8.46. The van der Waals surface area contributed by atoms with Gasteiger partial charge in [-0.2, -0.15) is 0 Å². The van der Waals surface area contributed by atoms with Gasteiger partial charge in [-0.3, -0.25) is 9.59 Å². The zero-order chi connectivity index (χ0) is 17.9. The second-order valence-electron chi connectivity index (χ2n) is 6.22. The number of nitrogens with zero attached hydrogens (tertiary/aromatic N) is 1. The zero-order valence-corrected chi connectivity index (χ0v) is 14.2. The number of hydrogen-bond acceptors (Lipinski definition) is 3. The molecule has 25 heavy (non-hydrogen) atoms. The van der Waals surface area contributed by atoms with Gasteiger partial charge in [0, 0.05) is 12.1 Å². The Bertz CT molecular complexity index is 813. The second-order valence-corrected chi connectivity index (χ2v) is 6.22. The van der Waals surface area contributed by atoms with Crippen molar-refractivity contribution in [3.8, 4) is 0 Å². The van der Waals surface area contributed by atoms with Crippen LogP contribution in [0.5, 0.6) is 0 Å². The number of carbonyl (C=O) groups is 2. The summed E-state index contributed by atoms with van der Waals surface area (Å²) in [6.45, 7) is 2.49. The molecule has 3 rings (SSSR count). The lowest BCUT2D eigenvalue weighted by Gasteiger charge is -2.22. The summed E-state index contributed by atoms with van der Waals surface area (Å²) in [6, 6.07) is 16.6. The van der Waals surface area contributed by atoms with E-state index in [9.17, 15) is 14.7 Å². The van der Waals surface area contributed by atoms with Gasteiger partial charge in [-0.25, -0.2) is 0 Å². The van der Waals surface area contributed by atoms with E-state index in [0.717, 1.165) is 12.0 Å². The third kappa shape index (κ3) is 3.26. The molecule has 4 nitrogen and oxygen atoms in total. The number of amides is 1. The van der Waals surface area contributed by atoms with Crippen molar-refractivity contribution >= 4 is 23.5 Å². The minimum Gasteiger partial charge on any atom is -0.375 e. The molecule has 0 fully saturated rings. The maximum atomic E-state index is 12.8. The Morgan fingerprint density at radius 2 is 1.80 bits per heavy atom. The minimum atomic E-state index is -1.79. The van der Waals surface area contributed by atoms with Gasteiger partial charge < -0.3 is 10.0 Å². The van der Waals surface area contributed by atoms with Crippen molar-refractivity contribution in [1.29, 1.82) is 0 Å². The molecule has 0 bridgehead atoms. The Balaban J connectivity index is 1.84. The largest absolute Gasteiger partial charge is 0.375 e. The number of ketones is 1. The third-order valence-corrected chi connectivity index (χ3v) is 4.38. The summed E-state index contributed by atoms with van der Waals surface area (Å²) in [4.78, 5) is 26.7. The Morgan fingerprint density at radius 1 is 1.12 bits per heavy atom. The Labute approximate surface area is 147 Å². The monoisotopic (exact) mass is 335 g/mol. The maximum absolute atomic E-state index is 12.8. The number of rotatable bonds is 6. The maximum Gasteiger partial charge on any atom is 0.264 e. The number of carbonyl (C=O) groups excluding carboxylic acids is 2. The summed E-state index contributed by atoms with van der Waals surface area (Å²) in [5.41, 5.74) is 0.310. The fourth-order valence-electron chi connectivity index (χ4n) is 3.19. The van der Waals surface area contributed by atoms with E-state index in [1.807, 2.05) is 49.4 Å². The molecule has 0 spiro atoms. The highest BCUT2D eigenvalue weighted by Crippen LogP contribution is 2.42. The number of allylic oxidation sites excluding steroid dienone is 1. The van der Waals surface area contributed by atoms with Crippen LogP contribution in [0.1, 0.15) is 30.9 Å². The standard InChI is InChI=1S/C21H21NO3/c1-2-14-22-19-11-7-6-10-18(19)21(25,20(22)24)15-17(23)13-12-16-8-4-3-5-9-16/h3-13,25H,2,14-15H2,1H3/b13-12-. The van der Waals surface area contributed by atoms with E-state index in [0.29, 0.717) is 17.8 Å². The van der Waals surface area contributed by atoms with E-state index in [4.69, 9.17) is 0 Å². The molecule has 0 radical (unpaired) electrons. The number of hydrogen-bond donors (Lipinski definition) is 1. The van der Waals surface area contributed by atoms with Crippen LogP contribution in [0, 0.1) is 0 Å². The average Bonchev–Trinajstić information content (AvgIpc) is 2.83. The molecule has 1 heterocycles. The van der Waals surface area contributed by atoms with E-state index in [1.165, 1.54) is 6.08 Å². The highest BCUT2D eigenvalue weighted by atomic mass is 16.3. The van der Waals surface area contributed by atoms with Crippen LogP contribution >= 0.6 is 0 Å². The molecule has 1 aliphatic heterocycles. The van der Waals surface area contributed by atoms with Crippen molar-refractivity contribution in [3.05, 3.63) is 71.8 Å². The van der Waals surface area contributed by atoms with Crippen LogP contribution in [0.25, 0.3) is 6.08 Å². The van der Waals surface area contributed by atoms with Crippen molar-refractivity contribution in [3.63, 3.8) is 0 Å². The van der Waals surface area contributed by atoms with Crippen LogP contribution in [0.2, 0.25) is 0 Å². The smallest absolute Gasteiger partial charge is 0.264 e. The molecule has 1 unspecified atom stereocenters. The Kier molecular flexibility index (Phi) is 4.81. The minimum absolute atomic E-state index is 0.258. The predicted molar refractivity (Wildman–Crippen MR) is 98.1 cm³/mol. The lowest BCUT2D eigenvalue weighted by atomic mass is 9.89. The molecule has 0 aromatic heterocycles. The number of para-hydroxylation sites is 1. The van der Waals surface area contributed by atoms with E-state index in [1.54, 1.807) is 23.1 Å². The topological polar surface area (TPSA) is 57.6 Å². The highest BCUT2D eigenvalue weighted by Gasteiger charge is 2.50. The van der Waals surface area contributed by atoms with Crippen molar-refractivity contribution < 1.29 is 14.7 Å². The SMILES string of the molecule is CCCN1C(=O)C(O)(CC(=O)/C=C\c2ccccc2)c2ccccc21. The summed E-state index contributed by atoms with van der Waals surface area (Å²) in [7, 11) is 0. The molecule has 0 saturated carbocycles. The van der Waals surface area contributed by atoms with Gasteiger partial charge in [0.05, 0.1) is 12.1 Å². The number of fused-ring (bicyclic) bond motifs is 1. The van der Waals surface area contributed by atoms with Gasteiger partial charge in [-0.1, -0.05) is 61.5 Å². The molecule has 1 atom stereocenters. The predicted octanol–water partition coefficient (Wildman–Crippen LogP) is 3.30. The number of benzene rings is 2. The van der Waals surface area contributed by atoms with Gasteiger partial charge >= 0.3 is 0 Å². The Hall–Kier alpha value is -2.72. The first-order chi connectivity index (χ1) is 12.1. The summed E-state index contributed by atoms with van der Waals surface area (Å²) in [6.07, 6.45) is 3.64. The van der Waals surface area contributed by atoms with E-state index in [2.05, 4.69) is 0 Å². The second kappa shape index (κ2) is 7.03. The van der Waals surface area contributed by atoms with E-state index >= 15 is 0 Å². The molecule has 1 aliphatic rings. The number of anilines is 1. The lowest BCUT2D eigenvalue weighted by Crippen LogP contribution is -2.41. The Morgan fingerprint density at radius 3 is 2.52 bits per heavy atom. The van der Waals surface area contributed by atoms with Crippen LogP contribution in [-0.4, -0.2) is 23.3 Å². The van der Waals surface area contributed by atoms with E-state index < -0.39 is 11.5 Å². The van der Waals surface area contributed by atoms with Gasteiger partial charge in [0.1, 0.15) is 0 Å². The van der Waals surface area contributed by atoms with Gasteiger partial charge in [0.15, 0.2) is 11.4 Å². The van der Waals surface area contributed by atoms with Crippen molar-refractivity contribution in [2.75, 3.05) is 11.4 Å². The normalized spacial score (nSPS) is 19.4. The molecular formula is C21H21NO3. The average molecular weight is 335 g/mol. The van der Waals surface area contributed by atoms with Crippen molar-refractivity contribution in [2.24, 2.45) is 0 Å². The van der Waals surface area contributed by atoms with Gasteiger partial charge in [0.2, 0.25) is 0 Å². The lowest BCUT2D eigenvalue weighted by molar-refractivity contribution is -0.140. The van der Waals surface area contributed by atoms with Crippen LogP contribution in [0.15, 0.2) is 60.7 Å². The van der Waals surface area contributed by atoms with Crippen LogP contribution < -0.4 is 4.90 Å². The molecule has 2 aromatic carbocycles. The van der Waals surface area contributed by atoms with Crippen LogP contribution in [0.3, 0.4) is 0 Å². The third-order valence-electron chi connectivity index (χ3n) is 4.38. The molecule has 0 saturated heterocycles. The van der Waals surface area contributed by atoms with Gasteiger partial charge in [-0.05, 0) is 24.1 Å². The molecular weight excluding hydrogens is 314 g/mol. The zero-order valence-electron chi connectivity index (χ0n) is 14.2. The summed E-state index contributed by atoms with van der Waals surface area (Å²) in [5.74, 6) is -0.704.